The maximum atomic E-state index is 11.1. The molecule has 0 fully saturated rings. The van der Waals surface area contributed by atoms with Crippen molar-refractivity contribution in [2.45, 2.75) is 11.4 Å². The summed E-state index contributed by atoms with van der Waals surface area (Å²) >= 11 is 1.68. The molecule has 2 rings (SSSR count). The Bertz CT molecular complexity index is 629. The topological polar surface area (TPSA) is 64.4 Å². The van der Waals surface area contributed by atoms with Crippen molar-refractivity contribution < 1.29 is 9.66 Å². The summed E-state index contributed by atoms with van der Waals surface area (Å²) in [6.07, 6.45) is 2.02. The molecule has 0 unspecified atom stereocenters. The fourth-order valence-corrected chi connectivity index (χ4v) is 2.29. The van der Waals surface area contributed by atoms with Crippen LogP contribution in [0.15, 0.2) is 47.4 Å². The molecule has 5 nitrogen and oxygen atoms in total. The van der Waals surface area contributed by atoms with Crippen molar-refractivity contribution in [3.05, 3.63) is 58.1 Å². The highest BCUT2D eigenvalue weighted by Crippen LogP contribution is 2.29. The molecule has 0 bridgehead atoms. The smallest absolute Gasteiger partial charge is 0.296 e. The molecule has 110 valence electrons. The lowest BCUT2D eigenvalue weighted by molar-refractivity contribution is -0.384. The van der Waals surface area contributed by atoms with Gasteiger partial charge in [0.15, 0.2) is 0 Å². The average Bonchev–Trinajstić information content (AvgIpc) is 2.53. The molecule has 0 heterocycles. The van der Waals surface area contributed by atoms with Gasteiger partial charge in [0.2, 0.25) is 0 Å². The minimum atomic E-state index is -0.415. The van der Waals surface area contributed by atoms with E-state index >= 15 is 0 Å². The van der Waals surface area contributed by atoms with Gasteiger partial charge in [0.25, 0.3) is 5.69 Å². The van der Waals surface area contributed by atoms with Crippen molar-refractivity contribution in [3.63, 3.8) is 0 Å². The highest BCUT2D eigenvalue weighted by Gasteiger charge is 2.14. The van der Waals surface area contributed by atoms with Gasteiger partial charge in [0.1, 0.15) is 11.4 Å². The number of anilines is 1. The summed E-state index contributed by atoms with van der Waals surface area (Å²) in [6.45, 7) is 0.530. The van der Waals surface area contributed by atoms with E-state index in [-0.39, 0.29) is 5.69 Å². The van der Waals surface area contributed by atoms with Crippen LogP contribution < -0.4 is 10.1 Å². The number of nitro groups is 1. The first-order chi connectivity index (χ1) is 10.1. The summed E-state index contributed by atoms with van der Waals surface area (Å²) in [5, 5.41) is 14.2. The molecule has 0 aliphatic rings. The number of benzene rings is 2. The second-order valence-corrected chi connectivity index (χ2v) is 5.22. The number of hydrogen-bond acceptors (Lipinski definition) is 5. The van der Waals surface area contributed by atoms with Crippen LogP contribution in [0.5, 0.6) is 5.75 Å². The van der Waals surface area contributed by atoms with Crippen LogP contribution >= 0.6 is 11.8 Å². The van der Waals surface area contributed by atoms with E-state index in [9.17, 15) is 10.1 Å². The van der Waals surface area contributed by atoms with Gasteiger partial charge in [-0.15, -0.1) is 11.8 Å². The van der Waals surface area contributed by atoms with Gasteiger partial charge < -0.3 is 10.1 Å². The second-order valence-electron chi connectivity index (χ2n) is 4.34. The fourth-order valence-electron chi connectivity index (χ4n) is 1.88. The first-order valence-corrected chi connectivity index (χ1v) is 7.55. The van der Waals surface area contributed by atoms with E-state index in [2.05, 4.69) is 5.32 Å². The Morgan fingerprint density at radius 1 is 1.24 bits per heavy atom. The van der Waals surface area contributed by atoms with E-state index in [0.717, 1.165) is 5.56 Å². The molecule has 0 saturated carbocycles. The summed E-state index contributed by atoms with van der Waals surface area (Å²) in [5.74, 6) is 0.469. The number of rotatable bonds is 6. The number of hydrogen-bond donors (Lipinski definition) is 1. The molecule has 2 aromatic rings. The second kappa shape index (κ2) is 6.99. The molecule has 0 aromatic heterocycles. The molecule has 0 aliphatic carbocycles. The van der Waals surface area contributed by atoms with Crippen molar-refractivity contribution in [1.82, 2.24) is 0 Å². The number of ether oxygens (including phenoxy) is 1. The Kier molecular flexibility index (Phi) is 5.05. The Hall–Kier alpha value is -2.21. The van der Waals surface area contributed by atoms with Crippen LogP contribution in [0.3, 0.4) is 0 Å². The van der Waals surface area contributed by atoms with Gasteiger partial charge in [-0.2, -0.15) is 0 Å². The molecular formula is C15H16N2O3S. The van der Waals surface area contributed by atoms with Gasteiger partial charge in [-0.3, -0.25) is 10.1 Å². The number of nitro benzene ring substituents is 1. The van der Waals surface area contributed by atoms with Crippen LogP contribution in [-0.2, 0) is 6.54 Å². The summed E-state index contributed by atoms with van der Waals surface area (Å²) < 4.78 is 5.01. The summed E-state index contributed by atoms with van der Waals surface area (Å²) in [6, 6.07) is 12.9. The zero-order valence-corrected chi connectivity index (χ0v) is 12.6. The quantitative estimate of drug-likeness (QED) is 0.497. The lowest BCUT2D eigenvalue weighted by Crippen LogP contribution is -2.03. The Balaban J connectivity index is 2.13. The van der Waals surface area contributed by atoms with Gasteiger partial charge in [0.05, 0.1) is 18.1 Å². The number of nitrogens with zero attached hydrogens (tertiary/aromatic N) is 1. The largest absolute Gasteiger partial charge is 0.496 e. The highest BCUT2D eigenvalue weighted by molar-refractivity contribution is 7.98. The Morgan fingerprint density at radius 2 is 1.95 bits per heavy atom. The van der Waals surface area contributed by atoms with E-state index in [0.29, 0.717) is 18.0 Å². The number of thioether (sulfide) groups is 1. The molecule has 0 aliphatic heterocycles. The van der Waals surface area contributed by atoms with E-state index in [1.165, 1.54) is 18.1 Å². The Morgan fingerprint density at radius 3 is 2.52 bits per heavy atom. The lowest BCUT2D eigenvalue weighted by Gasteiger charge is -2.09. The van der Waals surface area contributed by atoms with E-state index in [1.54, 1.807) is 23.9 Å². The first-order valence-electron chi connectivity index (χ1n) is 6.33. The predicted octanol–water partition coefficient (Wildman–Crippen LogP) is 3.94. The predicted molar refractivity (Wildman–Crippen MR) is 85.2 cm³/mol. The molecule has 0 amide bonds. The minimum Gasteiger partial charge on any atom is -0.496 e. The van der Waals surface area contributed by atoms with Gasteiger partial charge >= 0.3 is 0 Å². The summed E-state index contributed by atoms with van der Waals surface area (Å²) in [5.41, 5.74) is 1.56. The van der Waals surface area contributed by atoms with Crippen LogP contribution in [-0.4, -0.2) is 18.3 Å². The standard InChI is InChI=1S/C15H16N2O3S/c1-20-12-5-8-14(15(9-12)17(18)19)16-10-11-3-6-13(21-2)7-4-11/h3-9,16H,10H2,1-2H3. The molecule has 1 N–H and O–H groups in total. The minimum absolute atomic E-state index is 0.00934. The average molecular weight is 304 g/mol. The molecule has 21 heavy (non-hydrogen) atoms. The van der Waals surface area contributed by atoms with Crippen molar-refractivity contribution in [3.8, 4) is 5.75 Å². The van der Waals surface area contributed by atoms with Crippen molar-refractivity contribution in [2.24, 2.45) is 0 Å². The molecular weight excluding hydrogens is 288 g/mol. The van der Waals surface area contributed by atoms with Gasteiger partial charge in [-0.1, -0.05) is 12.1 Å². The maximum Gasteiger partial charge on any atom is 0.296 e. The van der Waals surface area contributed by atoms with Gasteiger partial charge in [0, 0.05) is 11.4 Å². The van der Waals surface area contributed by atoms with Crippen molar-refractivity contribution >= 4 is 23.1 Å². The van der Waals surface area contributed by atoms with Crippen LogP contribution in [0.1, 0.15) is 5.56 Å². The maximum absolute atomic E-state index is 11.1. The zero-order chi connectivity index (χ0) is 15.2. The molecule has 0 radical (unpaired) electrons. The molecule has 0 saturated heterocycles. The molecule has 0 atom stereocenters. The number of methoxy groups -OCH3 is 1. The van der Waals surface area contributed by atoms with Crippen molar-refractivity contribution in [1.29, 1.82) is 0 Å². The summed E-state index contributed by atoms with van der Waals surface area (Å²) in [4.78, 5) is 11.9. The normalized spacial score (nSPS) is 10.2. The Labute approximate surface area is 127 Å². The van der Waals surface area contributed by atoms with Crippen molar-refractivity contribution in [2.75, 3.05) is 18.7 Å². The summed E-state index contributed by atoms with van der Waals surface area (Å²) in [7, 11) is 1.49. The third kappa shape index (κ3) is 3.88. The third-order valence-electron chi connectivity index (χ3n) is 3.04. The highest BCUT2D eigenvalue weighted by atomic mass is 32.2. The van der Waals surface area contributed by atoms with E-state index in [4.69, 9.17) is 4.74 Å². The molecule has 0 spiro atoms. The van der Waals surface area contributed by atoms with Crippen LogP contribution in [0.2, 0.25) is 0 Å². The SMILES string of the molecule is COc1ccc(NCc2ccc(SC)cc2)c([N+](=O)[O-])c1. The van der Waals surface area contributed by atoms with Crippen LogP contribution in [0.4, 0.5) is 11.4 Å². The zero-order valence-electron chi connectivity index (χ0n) is 11.8. The first kappa shape index (κ1) is 15.2. The fraction of sp³-hybridized carbons (Fsp3) is 0.200. The number of nitrogens with one attached hydrogen (secondary N) is 1. The monoisotopic (exact) mass is 304 g/mol. The third-order valence-corrected chi connectivity index (χ3v) is 3.79. The van der Waals surface area contributed by atoms with Crippen LogP contribution in [0.25, 0.3) is 0 Å². The molecule has 2 aromatic carbocycles. The van der Waals surface area contributed by atoms with Gasteiger partial charge in [-0.25, -0.2) is 0 Å². The van der Waals surface area contributed by atoms with E-state index < -0.39 is 4.92 Å². The molecule has 6 heteroatoms. The lowest BCUT2D eigenvalue weighted by atomic mass is 10.2. The van der Waals surface area contributed by atoms with Crippen LogP contribution in [0, 0.1) is 10.1 Å². The van der Waals surface area contributed by atoms with E-state index in [1.807, 2.05) is 30.5 Å². The van der Waals surface area contributed by atoms with Gasteiger partial charge in [-0.05, 0) is 36.1 Å².